The zero-order valence-electron chi connectivity index (χ0n) is 19.2. The molecular weight excluding hydrogens is 513 g/mol. The van der Waals surface area contributed by atoms with Gasteiger partial charge in [0.25, 0.3) is 0 Å². The van der Waals surface area contributed by atoms with E-state index < -0.39 is 7.36 Å². The van der Waals surface area contributed by atoms with Crippen molar-refractivity contribution < 1.29 is 14.2 Å². The van der Waals surface area contributed by atoms with Crippen LogP contribution in [-0.2, 0) is 9.47 Å². The molecule has 0 radical (unpaired) electrons. The van der Waals surface area contributed by atoms with E-state index in [1.807, 2.05) is 18.2 Å². The lowest BCUT2D eigenvalue weighted by molar-refractivity contribution is 0.0551. The Kier molecular flexibility index (Phi) is 9.26. The maximum absolute atomic E-state index is 5.69. The van der Waals surface area contributed by atoms with E-state index in [0.29, 0.717) is 31.5 Å². The molecule has 1 aromatic rings. The molecule has 0 bridgehead atoms. The molecule has 0 unspecified atom stereocenters. The number of benzene rings is 1. The molecule has 32 heavy (non-hydrogen) atoms. The summed E-state index contributed by atoms with van der Waals surface area (Å²) in [5.41, 5.74) is 3.83. The van der Waals surface area contributed by atoms with Gasteiger partial charge in [-0.05, 0) is 30.4 Å². The smallest absolute Gasteiger partial charge is 0.214 e. The van der Waals surface area contributed by atoms with E-state index in [2.05, 4.69) is 56.6 Å². The van der Waals surface area contributed by atoms with E-state index in [4.69, 9.17) is 31.2 Å². The first-order valence-corrected chi connectivity index (χ1v) is 13.6. The second kappa shape index (κ2) is 11.5. The van der Waals surface area contributed by atoms with Gasteiger partial charge in [-0.2, -0.15) is 5.10 Å². The van der Waals surface area contributed by atoms with Crippen LogP contribution in [-0.4, -0.2) is 85.5 Å². The molecule has 3 rings (SSSR count). The molecule has 2 heterocycles. The van der Waals surface area contributed by atoms with Crippen LogP contribution >= 0.6 is 35.5 Å². The molecule has 0 atom stereocenters. The Morgan fingerprint density at radius 1 is 1.12 bits per heavy atom. The Labute approximate surface area is 204 Å². The van der Waals surface area contributed by atoms with Crippen LogP contribution in [0.1, 0.15) is 26.3 Å². The number of ether oxygens (including phenoxy) is 3. The van der Waals surface area contributed by atoms with Gasteiger partial charge in [0.05, 0.1) is 39.8 Å². The molecule has 0 spiro atoms. The summed E-state index contributed by atoms with van der Waals surface area (Å²) >= 11 is 9.18. The van der Waals surface area contributed by atoms with E-state index in [0.717, 1.165) is 42.0 Å². The van der Waals surface area contributed by atoms with Crippen molar-refractivity contribution in [1.82, 2.24) is 14.8 Å². The molecule has 0 aliphatic carbocycles. The van der Waals surface area contributed by atoms with Crippen LogP contribution in [0.5, 0.6) is 5.75 Å². The lowest BCUT2D eigenvalue weighted by Crippen LogP contribution is -2.48. The lowest BCUT2D eigenvalue weighted by Gasteiger charge is -2.52. The summed E-state index contributed by atoms with van der Waals surface area (Å²) in [6.07, 6.45) is 1.70. The summed E-state index contributed by atoms with van der Waals surface area (Å²) in [4.78, 5) is 0. The molecule has 0 amide bonds. The minimum atomic E-state index is -2.20. The number of nitrogens with zero attached hydrogens (tertiary/aromatic N) is 4. The summed E-state index contributed by atoms with van der Waals surface area (Å²) in [6, 6.07) is 5.76. The van der Waals surface area contributed by atoms with E-state index in [1.54, 1.807) is 13.3 Å². The third-order valence-electron chi connectivity index (χ3n) is 5.45. The second-order valence-electron chi connectivity index (χ2n) is 8.53. The van der Waals surface area contributed by atoms with Gasteiger partial charge in [-0.25, -0.2) is 4.74 Å². The fourth-order valence-electron chi connectivity index (χ4n) is 4.08. The number of morpholine rings is 2. The minimum absolute atomic E-state index is 0.106. The van der Waals surface area contributed by atoms with Gasteiger partial charge in [-0.3, -0.25) is 14.8 Å². The fourth-order valence-corrected chi connectivity index (χ4v) is 9.20. The van der Waals surface area contributed by atoms with Crippen molar-refractivity contribution in [3.05, 3.63) is 28.2 Å². The first kappa shape index (κ1) is 25.7. The van der Waals surface area contributed by atoms with Gasteiger partial charge in [0.1, 0.15) is 13.1 Å². The van der Waals surface area contributed by atoms with Crippen molar-refractivity contribution in [2.24, 2.45) is 9.85 Å². The van der Waals surface area contributed by atoms with Crippen LogP contribution in [0.25, 0.3) is 0 Å². The average Bonchev–Trinajstić information content (AvgIpc) is 2.78. The lowest BCUT2D eigenvalue weighted by atomic mass is 10.2. The van der Waals surface area contributed by atoms with Gasteiger partial charge >= 0.3 is 0 Å². The monoisotopic (exact) mass is 545 g/mol. The van der Waals surface area contributed by atoms with Crippen LogP contribution in [0.2, 0.25) is 0 Å². The molecule has 2 aliphatic heterocycles. The number of hydrazone groups is 1. The topological polar surface area (TPSA) is 70.9 Å². The van der Waals surface area contributed by atoms with E-state index in [-0.39, 0.29) is 5.16 Å². The number of methoxy groups -OCH3 is 1. The quantitative estimate of drug-likeness (QED) is 0.258. The highest BCUT2D eigenvalue weighted by Gasteiger charge is 2.45. The number of nitrogens with one attached hydrogen (secondary N) is 1. The van der Waals surface area contributed by atoms with Crippen LogP contribution in [0.3, 0.4) is 0 Å². The number of hydrogen-bond acceptors (Lipinski definition) is 5. The van der Waals surface area contributed by atoms with E-state index in [9.17, 15) is 0 Å². The number of hydrogen-bond donors (Lipinski definition) is 1. The summed E-state index contributed by atoms with van der Waals surface area (Å²) in [5.74, 6) is 0.736. The van der Waals surface area contributed by atoms with Crippen LogP contribution in [0.15, 0.2) is 32.5 Å². The molecule has 1 N–H and O–H groups in total. The highest BCUT2D eigenvalue weighted by Crippen LogP contribution is 2.66. The Morgan fingerprint density at radius 3 is 2.19 bits per heavy atom. The van der Waals surface area contributed by atoms with Gasteiger partial charge < -0.3 is 14.2 Å². The third-order valence-corrected chi connectivity index (χ3v) is 10.9. The Bertz CT molecular complexity index is 859. The van der Waals surface area contributed by atoms with Crippen molar-refractivity contribution in [3.8, 4) is 5.75 Å². The van der Waals surface area contributed by atoms with Crippen molar-refractivity contribution >= 4 is 46.8 Å². The van der Waals surface area contributed by atoms with Gasteiger partial charge in [0, 0.05) is 41.4 Å². The summed E-state index contributed by atoms with van der Waals surface area (Å²) in [7, 11) is -0.561. The standard InChI is InChI=1S/C21H33BrN5O3PS/c1-21(2,3)31(26-7-11-29-12-8-26,27-9-13-30-14-10-27)25-20(32)24-23-16-17-15-18(22)5-6-19(17)28-4/h5-6,15-16H,7-14H2,1-4H3,(H,24,32). The van der Waals surface area contributed by atoms with Crippen molar-refractivity contribution in [3.63, 3.8) is 0 Å². The predicted molar refractivity (Wildman–Crippen MR) is 138 cm³/mol. The molecular formula is C21H33BrN5O3PS. The maximum Gasteiger partial charge on any atom is 0.214 e. The van der Waals surface area contributed by atoms with Crippen LogP contribution in [0, 0.1) is 0 Å². The molecule has 2 fully saturated rings. The van der Waals surface area contributed by atoms with Gasteiger partial charge in [0.2, 0.25) is 5.11 Å². The van der Waals surface area contributed by atoms with E-state index >= 15 is 0 Å². The van der Waals surface area contributed by atoms with Crippen molar-refractivity contribution in [2.45, 2.75) is 25.9 Å². The summed E-state index contributed by atoms with van der Waals surface area (Å²) in [5, 5.41) is 4.65. The highest BCUT2D eigenvalue weighted by molar-refractivity contribution is 9.10. The SMILES string of the molecule is COc1ccc(Br)cc1C=NNC(=S)N=P(N1CCOCC1)(N1CCOCC1)C(C)(C)C. The maximum atomic E-state index is 5.69. The van der Waals surface area contributed by atoms with Gasteiger partial charge in [0.15, 0.2) is 0 Å². The number of rotatable bonds is 5. The molecule has 0 saturated carbocycles. The fraction of sp³-hybridized carbons (Fsp3) is 0.619. The average molecular weight is 546 g/mol. The first-order valence-electron chi connectivity index (χ1n) is 10.7. The molecule has 2 saturated heterocycles. The Balaban J connectivity index is 1.92. The molecule has 0 aromatic heterocycles. The first-order chi connectivity index (χ1) is 15.3. The Hall–Kier alpha value is -0.870. The zero-order chi connectivity index (χ0) is 23.2. The van der Waals surface area contributed by atoms with Gasteiger partial charge in [-0.1, -0.05) is 36.7 Å². The van der Waals surface area contributed by atoms with E-state index in [1.165, 1.54) is 0 Å². The molecule has 8 nitrogen and oxygen atoms in total. The predicted octanol–water partition coefficient (Wildman–Crippen LogP) is 4.16. The summed E-state index contributed by atoms with van der Waals surface area (Å²) in [6.45, 7) is 13.0. The highest BCUT2D eigenvalue weighted by atomic mass is 79.9. The van der Waals surface area contributed by atoms with Crippen molar-refractivity contribution in [2.75, 3.05) is 59.7 Å². The van der Waals surface area contributed by atoms with Crippen LogP contribution < -0.4 is 10.2 Å². The van der Waals surface area contributed by atoms with Crippen molar-refractivity contribution in [1.29, 1.82) is 0 Å². The second-order valence-corrected chi connectivity index (χ2v) is 13.6. The zero-order valence-corrected chi connectivity index (χ0v) is 22.5. The van der Waals surface area contributed by atoms with Gasteiger partial charge in [-0.15, -0.1) is 0 Å². The number of halogens is 1. The molecule has 11 heteroatoms. The molecule has 178 valence electrons. The molecule has 2 aliphatic rings. The Morgan fingerprint density at radius 2 is 1.69 bits per heavy atom. The molecule has 1 aromatic carbocycles. The minimum Gasteiger partial charge on any atom is -0.496 e. The largest absolute Gasteiger partial charge is 0.496 e. The van der Waals surface area contributed by atoms with Crippen LogP contribution in [0.4, 0.5) is 0 Å². The number of thiocarbonyl (C=S) groups is 1. The normalized spacial score (nSPS) is 19.2. The third kappa shape index (κ3) is 5.97. The summed E-state index contributed by atoms with van der Waals surface area (Å²) < 4.78 is 27.9.